The summed E-state index contributed by atoms with van der Waals surface area (Å²) in [6.45, 7) is 7.22. The lowest BCUT2D eigenvalue weighted by Crippen LogP contribution is -2.46. The van der Waals surface area contributed by atoms with Gasteiger partial charge in [-0.2, -0.15) is 0 Å². The molecule has 2 fully saturated rings. The minimum absolute atomic E-state index is 0.282. The van der Waals surface area contributed by atoms with E-state index in [0.29, 0.717) is 31.7 Å². The first-order valence-electron chi connectivity index (χ1n) is 7.52. The third kappa shape index (κ3) is 4.44. The Bertz CT molecular complexity index is 292. The Kier molecular flexibility index (Phi) is 5.60. The summed E-state index contributed by atoms with van der Waals surface area (Å²) in [6.07, 6.45) is 3.78. The second-order valence-electron chi connectivity index (χ2n) is 5.77. The van der Waals surface area contributed by atoms with Gasteiger partial charge in [-0.05, 0) is 39.3 Å². The third-order valence-electron chi connectivity index (χ3n) is 4.25. The molecule has 1 amide bonds. The van der Waals surface area contributed by atoms with Crippen LogP contribution in [0.2, 0.25) is 0 Å². The average Bonchev–Trinajstić information content (AvgIpc) is 2.42. The summed E-state index contributed by atoms with van der Waals surface area (Å²) >= 11 is 0. The minimum Gasteiger partial charge on any atom is -0.378 e. The molecule has 5 heteroatoms. The summed E-state index contributed by atoms with van der Waals surface area (Å²) in [6, 6.07) is 0.920. The van der Waals surface area contributed by atoms with Crippen LogP contribution in [0.15, 0.2) is 0 Å². The zero-order chi connectivity index (χ0) is 13.7. The minimum atomic E-state index is 0.282. The molecule has 0 radical (unpaired) electrons. The van der Waals surface area contributed by atoms with Gasteiger partial charge >= 0.3 is 0 Å². The van der Waals surface area contributed by atoms with Gasteiger partial charge in [-0.3, -0.25) is 4.79 Å². The van der Waals surface area contributed by atoms with Crippen LogP contribution in [0.5, 0.6) is 0 Å². The summed E-state index contributed by atoms with van der Waals surface area (Å²) < 4.78 is 5.26. The standard InChI is InChI=1S/C14H27N3O2/c1-12-11-13(15)4-6-16(12)5-2-3-14(18)17-7-9-19-10-8-17/h12-13H,2-11,15H2,1H3. The number of carbonyl (C=O) groups is 1. The van der Waals surface area contributed by atoms with Crippen LogP contribution < -0.4 is 5.73 Å². The summed E-state index contributed by atoms with van der Waals surface area (Å²) in [5, 5.41) is 0. The molecule has 2 aliphatic rings. The molecule has 2 N–H and O–H groups in total. The number of rotatable bonds is 4. The number of nitrogens with zero attached hydrogens (tertiary/aromatic N) is 2. The normalized spacial score (nSPS) is 29.5. The van der Waals surface area contributed by atoms with Gasteiger partial charge in [0.05, 0.1) is 13.2 Å². The summed E-state index contributed by atoms with van der Waals surface area (Å²) in [7, 11) is 0. The number of nitrogens with two attached hydrogens (primary N) is 1. The van der Waals surface area contributed by atoms with Crippen molar-refractivity contribution in [3.63, 3.8) is 0 Å². The van der Waals surface area contributed by atoms with Crippen LogP contribution in [-0.2, 0) is 9.53 Å². The van der Waals surface area contributed by atoms with E-state index >= 15 is 0 Å². The molecular formula is C14H27N3O2. The molecule has 0 spiro atoms. The van der Waals surface area contributed by atoms with E-state index in [1.165, 1.54) is 0 Å². The second-order valence-corrected chi connectivity index (χ2v) is 5.77. The molecule has 0 saturated carbocycles. The summed E-state index contributed by atoms with van der Waals surface area (Å²) in [5.74, 6) is 0.282. The molecule has 0 aromatic rings. The zero-order valence-corrected chi connectivity index (χ0v) is 12.0. The van der Waals surface area contributed by atoms with Crippen molar-refractivity contribution in [2.24, 2.45) is 5.73 Å². The maximum atomic E-state index is 12.0. The van der Waals surface area contributed by atoms with Crippen molar-refractivity contribution < 1.29 is 9.53 Å². The highest BCUT2D eigenvalue weighted by Gasteiger charge is 2.23. The Morgan fingerprint density at radius 2 is 2.05 bits per heavy atom. The number of hydrogen-bond acceptors (Lipinski definition) is 4. The van der Waals surface area contributed by atoms with E-state index in [-0.39, 0.29) is 5.91 Å². The summed E-state index contributed by atoms with van der Waals surface area (Å²) in [4.78, 5) is 16.4. The van der Waals surface area contributed by atoms with Crippen molar-refractivity contribution >= 4 is 5.91 Å². The molecule has 2 aliphatic heterocycles. The van der Waals surface area contributed by atoms with E-state index < -0.39 is 0 Å². The molecule has 0 bridgehead atoms. The number of amides is 1. The molecule has 0 aromatic carbocycles. The lowest BCUT2D eigenvalue weighted by atomic mass is 9.99. The molecule has 19 heavy (non-hydrogen) atoms. The largest absolute Gasteiger partial charge is 0.378 e. The van der Waals surface area contributed by atoms with Gasteiger partial charge in [0, 0.05) is 31.6 Å². The van der Waals surface area contributed by atoms with Crippen LogP contribution in [-0.4, -0.2) is 67.2 Å². The molecule has 0 aliphatic carbocycles. The predicted molar refractivity (Wildman–Crippen MR) is 74.9 cm³/mol. The first kappa shape index (κ1) is 14.8. The Morgan fingerprint density at radius 3 is 2.74 bits per heavy atom. The lowest BCUT2D eigenvalue weighted by molar-refractivity contribution is -0.135. The molecule has 2 rings (SSSR count). The zero-order valence-electron chi connectivity index (χ0n) is 12.0. The number of likely N-dealkylation sites (tertiary alicyclic amines) is 1. The fourth-order valence-corrected chi connectivity index (χ4v) is 2.99. The highest BCUT2D eigenvalue weighted by Crippen LogP contribution is 2.16. The monoisotopic (exact) mass is 269 g/mol. The van der Waals surface area contributed by atoms with Gasteiger partial charge in [0.2, 0.25) is 5.91 Å². The topological polar surface area (TPSA) is 58.8 Å². The van der Waals surface area contributed by atoms with Crippen LogP contribution in [0.1, 0.15) is 32.6 Å². The fourth-order valence-electron chi connectivity index (χ4n) is 2.99. The van der Waals surface area contributed by atoms with E-state index in [1.54, 1.807) is 0 Å². The molecule has 0 aromatic heterocycles. The average molecular weight is 269 g/mol. The second kappa shape index (κ2) is 7.22. The van der Waals surface area contributed by atoms with Gasteiger partial charge in [0.15, 0.2) is 0 Å². The van der Waals surface area contributed by atoms with Crippen molar-refractivity contribution in [1.82, 2.24) is 9.80 Å². The number of carbonyl (C=O) groups excluding carboxylic acids is 1. The smallest absolute Gasteiger partial charge is 0.222 e. The first-order valence-corrected chi connectivity index (χ1v) is 7.52. The van der Waals surface area contributed by atoms with E-state index in [1.807, 2.05) is 4.90 Å². The maximum Gasteiger partial charge on any atom is 0.222 e. The molecule has 2 atom stereocenters. The molecule has 5 nitrogen and oxygen atoms in total. The SMILES string of the molecule is CC1CC(N)CCN1CCCC(=O)N1CCOCC1. The molecular weight excluding hydrogens is 242 g/mol. The van der Waals surface area contributed by atoms with Gasteiger partial charge < -0.3 is 20.3 Å². The van der Waals surface area contributed by atoms with E-state index in [4.69, 9.17) is 10.5 Å². The van der Waals surface area contributed by atoms with E-state index in [2.05, 4.69) is 11.8 Å². The Labute approximate surface area is 116 Å². The number of hydrogen-bond donors (Lipinski definition) is 1. The predicted octanol–water partition coefficient (Wildman–Crippen LogP) is 0.437. The Hall–Kier alpha value is -0.650. The van der Waals surface area contributed by atoms with Crippen LogP contribution in [0.3, 0.4) is 0 Å². The van der Waals surface area contributed by atoms with Gasteiger partial charge in [-0.25, -0.2) is 0 Å². The van der Waals surface area contributed by atoms with E-state index in [9.17, 15) is 4.79 Å². The maximum absolute atomic E-state index is 12.0. The highest BCUT2D eigenvalue weighted by molar-refractivity contribution is 5.76. The van der Waals surface area contributed by atoms with Gasteiger partial charge in [0.25, 0.3) is 0 Å². The van der Waals surface area contributed by atoms with Crippen molar-refractivity contribution in [3.05, 3.63) is 0 Å². The number of ether oxygens (including phenoxy) is 1. The Balaban J connectivity index is 1.64. The van der Waals surface area contributed by atoms with Crippen LogP contribution in [0.4, 0.5) is 0 Å². The Morgan fingerprint density at radius 1 is 1.32 bits per heavy atom. The molecule has 110 valence electrons. The highest BCUT2D eigenvalue weighted by atomic mass is 16.5. The van der Waals surface area contributed by atoms with Crippen molar-refractivity contribution in [2.45, 2.75) is 44.7 Å². The van der Waals surface area contributed by atoms with Crippen LogP contribution in [0, 0.1) is 0 Å². The fraction of sp³-hybridized carbons (Fsp3) is 0.929. The first-order chi connectivity index (χ1) is 9.16. The third-order valence-corrected chi connectivity index (χ3v) is 4.25. The van der Waals surface area contributed by atoms with Crippen LogP contribution in [0.25, 0.3) is 0 Å². The van der Waals surface area contributed by atoms with Crippen molar-refractivity contribution in [2.75, 3.05) is 39.4 Å². The quantitative estimate of drug-likeness (QED) is 0.804. The van der Waals surface area contributed by atoms with Gasteiger partial charge in [-0.1, -0.05) is 0 Å². The number of morpholine rings is 1. The van der Waals surface area contributed by atoms with Crippen LogP contribution >= 0.6 is 0 Å². The van der Waals surface area contributed by atoms with E-state index in [0.717, 1.165) is 45.4 Å². The van der Waals surface area contributed by atoms with Crippen molar-refractivity contribution in [3.8, 4) is 0 Å². The van der Waals surface area contributed by atoms with Gasteiger partial charge in [-0.15, -0.1) is 0 Å². The lowest BCUT2D eigenvalue weighted by Gasteiger charge is -2.36. The summed E-state index contributed by atoms with van der Waals surface area (Å²) in [5.41, 5.74) is 5.96. The molecule has 2 heterocycles. The van der Waals surface area contributed by atoms with Gasteiger partial charge in [0.1, 0.15) is 0 Å². The molecule has 2 saturated heterocycles. The number of piperidine rings is 1. The van der Waals surface area contributed by atoms with Crippen molar-refractivity contribution in [1.29, 1.82) is 0 Å². The molecule has 2 unspecified atom stereocenters.